The van der Waals surface area contributed by atoms with Crippen LogP contribution in [0, 0.1) is 12.7 Å². The molecular formula is C15H21FN2O2. The molecule has 0 aliphatic heterocycles. The number of urea groups is 1. The molecule has 1 aromatic carbocycles. The number of rotatable bonds is 6. The van der Waals surface area contributed by atoms with Crippen LogP contribution in [0.25, 0.3) is 0 Å². The van der Waals surface area contributed by atoms with E-state index >= 15 is 0 Å². The van der Waals surface area contributed by atoms with Gasteiger partial charge in [0.25, 0.3) is 0 Å². The Kier molecular flexibility index (Phi) is 4.95. The lowest BCUT2D eigenvalue weighted by Crippen LogP contribution is -2.37. The average Bonchev–Trinajstić information content (AvgIpc) is 3.23. The number of nitrogens with one attached hydrogen (secondary N) is 1. The number of unbranched alkanes of at least 4 members (excludes halogenated alkanes) is 1. The Morgan fingerprint density at radius 2 is 2.20 bits per heavy atom. The third kappa shape index (κ3) is 3.93. The molecule has 2 N–H and O–H groups in total. The first-order chi connectivity index (χ1) is 9.61. The number of benzene rings is 1. The highest BCUT2D eigenvalue weighted by Gasteiger charge is 2.32. The minimum atomic E-state index is -0.318. The first kappa shape index (κ1) is 14.8. The van der Waals surface area contributed by atoms with Crippen LogP contribution >= 0.6 is 0 Å². The Hall–Kier alpha value is -1.62. The minimum absolute atomic E-state index is 0.142. The molecule has 2 amide bonds. The lowest BCUT2D eigenvalue weighted by Gasteiger charge is -2.22. The SMILES string of the molecule is Cc1ccc(NC(=O)N(CCCCO)C2CC2)cc1F. The first-order valence-corrected chi connectivity index (χ1v) is 7.06. The molecule has 1 aliphatic carbocycles. The highest BCUT2D eigenvalue weighted by atomic mass is 19.1. The van der Waals surface area contributed by atoms with E-state index in [9.17, 15) is 9.18 Å². The smallest absolute Gasteiger partial charge is 0.322 e. The second kappa shape index (κ2) is 6.70. The summed E-state index contributed by atoms with van der Waals surface area (Å²) in [6.07, 6.45) is 3.52. The lowest BCUT2D eigenvalue weighted by atomic mass is 10.2. The van der Waals surface area contributed by atoms with Crippen molar-refractivity contribution in [2.24, 2.45) is 0 Å². The Morgan fingerprint density at radius 1 is 1.45 bits per heavy atom. The largest absolute Gasteiger partial charge is 0.396 e. The predicted octanol–water partition coefficient (Wildman–Crippen LogP) is 2.90. The van der Waals surface area contributed by atoms with Crippen molar-refractivity contribution in [1.82, 2.24) is 4.90 Å². The number of aliphatic hydroxyl groups is 1. The van der Waals surface area contributed by atoms with Crippen LogP contribution in [0.4, 0.5) is 14.9 Å². The van der Waals surface area contributed by atoms with Crippen LogP contribution in [0.2, 0.25) is 0 Å². The quantitative estimate of drug-likeness (QED) is 0.787. The molecular weight excluding hydrogens is 259 g/mol. The molecule has 0 radical (unpaired) electrons. The number of nitrogens with zero attached hydrogens (tertiary/aromatic N) is 1. The Balaban J connectivity index is 1.95. The van der Waals surface area contributed by atoms with E-state index in [1.54, 1.807) is 24.0 Å². The van der Waals surface area contributed by atoms with E-state index in [1.807, 2.05) is 0 Å². The Morgan fingerprint density at radius 3 is 2.80 bits per heavy atom. The number of anilines is 1. The highest BCUT2D eigenvalue weighted by Crippen LogP contribution is 2.28. The average molecular weight is 280 g/mol. The fourth-order valence-electron chi connectivity index (χ4n) is 2.10. The molecule has 4 nitrogen and oxygen atoms in total. The molecule has 0 saturated heterocycles. The zero-order chi connectivity index (χ0) is 14.5. The maximum atomic E-state index is 13.5. The third-order valence-corrected chi connectivity index (χ3v) is 3.48. The van der Waals surface area contributed by atoms with Gasteiger partial charge in [0.15, 0.2) is 0 Å². The van der Waals surface area contributed by atoms with Gasteiger partial charge in [-0.1, -0.05) is 6.07 Å². The number of hydrogen-bond acceptors (Lipinski definition) is 2. The van der Waals surface area contributed by atoms with Gasteiger partial charge in [0.05, 0.1) is 0 Å². The molecule has 0 heterocycles. The molecule has 1 aromatic rings. The van der Waals surface area contributed by atoms with Crippen LogP contribution < -0.4 is 5.32 Å². The van der Waals surface area contributed by atoms with Crippen LogP contribution in [0.15, 0.2) is 18.2 Å². The summed E-state index contributed by atoms with van der Waals surface area (Å²) in [5.74, 6) is -0.318. The van der Waals surface area contributed by atoms with Crippen LogP contribution in [0.1, 0.15) is 31.2 Å². The molecule has 0 aromatic heterocycles. The fraction of sp³-hybridized carbons (Fsp3) is 0.533. The number of hydrogen-bond donors (Lipinski definition) is 2. The normalized spacial score (nSPS) is 14.2. The molecule has 20 heavy (non-hydrogen) atoms. The molecule has 1 saturated carbocycles. The number of carbonyl (C=O) groups excluding carboxylic acids is 1. The van der Waals surface area contributed by atoms with Gasteiger partial charge in [-0.2, -0.15) is 0 Å². The van der Waals surface area contributed by atoms with E-state index in [1.165, 1.54) is 6.07 Å². The lowest BCUT2D eigenvalue weighted by molar-refractivity contribution is 0.204. The highest BCUT2D eigenvalue weighted by molar-refractivity contribution is 5.89. The number of carbonyl (C=O) groups is 1. The fourth-order valence-corrected chi connectivity index (χ4v) is 2.10. The first-order valence-electron chi connectivity index (χ1n) is 7.06. The zero-order valence-electron chi connectivity index (χ0n) is 11.7. The summed E-state index contributed by atoms with van der Waals surface area (Å²) in [4.78, 5) is 14.0. The van der Waals surface area contributed by atoms with E-state index < -0.39 is 0 Å². The standard InChI is InChI=1S/C15H21FN2O2/c1-11-4-5-12(10-14(11)16)17-15(20)18(13-6-7-13)8-2-3-9-19/h4-5,10,13,19H,2-3,6-9H2,1H3,(H,17,20). The van der Waals surface area contributed by atoms with Gasteiger partial charge in [-0.25, -0.2) is 9.18 Å². The summed E-state index contributed by atoms with van der Waals surface area (Å²) in [5, 5.41) is 11.5. The number of aliphatic hydroxyl groups excluding tert-OH is 1. The van der Waals surface area contributed by atoms with Crippen molar-refractivity contribution in [2.45, 2.75) is 38.6 Å². The number of aryl methyl sites for hydroxylation is 1. The van der Waals surface area contributed by atoms with Gasteiger partial charge >= 0.3 is 6.03 Å². The van der Waals surface area contributed by atoms with Gasteiger partial charge in [-0.3, -0.25) is 0 Å². The Bertz CT molecular complexity index is 475. The Labute approximate surface area is 118 Å². The number of halogens is 1. The molecule has 0 spiro atoms. The summed E-state index contributed by atoms with van der Waals surface area (Å²) < 4.78 is 13.5. The third-order valence-electron chi connectivity index (χ3n) is 3.48. The maximum absolute atomic E-state index is 13.5. The second-order valence-corrected chi connectivity index (χ2v) is 5.25. The molecule has 0 atom stereocenters. The van der Waals surface area contributed by atoms with Gasteiger partial charge < -0.3 is 15.3 Å². The molecule has 0 unspecified atom stereocenters. The molecule has 0 bridgehead atoms. The van der Waals surface area contributed by atoms with Crippen LogP contribution in [0.3, 0.4) is 0 Å². The molecule has 110 valence electrons. The second-order valence-electron chi connectivity index (χ2n) is 5.25. The van der Waals surface area contributed by atoms with Crippen molar-refractivity contribution >= 4 is 11.7 Å². The van der Waals surface area contributed by atoms with Crippen LogP contribution in [-0.2, 0) is 0 Å². The van der Waals surface area contributed by atoms with Crippen molar-refractivity contribution in [2.75, 3.05) is 18.5 Å². The maximum Gasteiger partial charge on any atom is 0.322 e. The van der Waals surface area contributed by atoms with Gasteiger partial charge in [0.2, 0.25) is 0 Å². The topological polar surface area (TPSA) is 52.6 Å². The van der Waals surface area contributed by atoms with Gasteiger partial charge in [-0.05, 0) is 50.3 Å². The van der Waals surface area contributed by atoms with E-state index in [-0.39, 0.29) is 18.5 Å². The summed E-state index contributed by atoms with van der Waals surface area (Å²) in [5.41, 5.74) is 1.04. The van der Waals surface area contributed by atoms with E-state index in [2.05, 4.69) is 5.32 Å². The predicted molar refractivity (Wildman–Crippen MR) is 76.2 cm³/mol. The van der Waals surface area contributed by atoms with Crippen LogP contribution in [0.5, 0.6) is 0 Å². The summed E-state index contributed by atoms with van der Waals surface area (Å²) >= 11 is 0. The van der Waals surface area contributed by atoms with Gasteiger partial charge in [0.1, 0.15) is 5.82 Å². The van der Waals surface area contributed by atoms with Crippen molar-refractivity contribution in [3.05, 3.63) is 29.6 Å². The summed E-state index contributed by atoms with van der Waals surface area (Å²) in [7, 11) is 0. The van der Waals surface area contributed by atoms with Gasteiger partial charge in [-0.15, -0.1) is 0 Å². The molecule has 1 fully saturated rings. The van der Waals surface area contributed by atoms with E-state index in [0.29, 0.717) is 30.3 Å². The van der Waals surface area contributed by atoms with Crippen molar-refractivity contribution in [3.63, 3.8) is 0 Å². The molecule has 5 heteroatoms. The zero-order valence-corrected chi connectivity index (χ0v) is 11.7. The number of amides is 2. The van der Waals surface area contributed by atoms with Crippen molar-refractivity contribution in [1.29, 1.82) is 0 Å². The molecule has 1 aliphatic rings. The van der Waals surface area contributed by atoms with E-state index in [4.69, 9.17) is 5.11 Å². The summed E-state index contributed by atoms with van der Waals surface area (Å²) in [6, 6.07) is 4.80. The van der Waals surface area contributed by atoms with Gasteiger partial charge in [0, 0.05) is 24.9 Å². The van der Waals surface area contributed by atoms with Crippen LogP contribution in [-0.4, -0.2) is 35.2 Å². The minimum Gasteiger partial charge on any atom is -0.396 e. The van der Waals surface area contributed by atoms with Crippen molar-refractivity contribution < 1.29 is 14.3 Å². The summed E-state index contributed by atoms with van der Waals surface area (Å²) in [6.45, 7) is 2.46. The monoisotopic (exact) mass is 280 g/mol. The van der Waals surface area contributed by atoms with E-state index in [0.717, 1.165) is 19.3 Å². The van der Waals surface area contributed by atoms with Crippen molar-refractivity contribution in [3.8, 4) is 0 Å². The molecule has 2 rings (SSSR count).